The number of nitrogens with zero attached hydrogens (tertiary/aromatic N) is 2. The predicted molar refractivity (Wildman–Crippen MR) is 96.3 cm³/mol. The fourth-order valence-electron chi connectivity index (χ4n) is 4.00. The van der Waals surface area contributed by atoms with Gasteiger partial charge in [0, 0.05) is 26.2 Å². The van der Waals surface area contributed by atoms with Gasteiger partial charge in [-0.3, -0.25) is 4.90 Å². The summed E-state index contributed by atoms with van der Waals surface area (Å²) in [5, 5.41) is 0. The number of likely N-dealkylation sites (tertiary alicyclic amines) is 1. The fourth-order valence-corrected chi connectivity index (χ4v) is 4.00. The SMILES string of the molecule is c1ccc2c(c1)CN(CCN1CCCCC1)Cc1ccccc1-2. The molecule has 2 heterocycles. The van der Waals surface area contributed by atoms with Gasteiger partial charge < -0.3 is 4.90 Å². The van der Waals surface area contributed by atoms with Crippen LogP contribution in [0.1, 0.15) is 30.4 Å². The van der Waals surface area contributed by atoms with Crippen LogP contribution in [0.15, 0.2) is 48.5 Å². The Morgan fingerprint density at radius 2 is 1.13 bits per heavy atom. The zero-order valence-corrected chi connectivity index (χ0v) is 13.9. The van der Waals surface area contributed by atoms with Gasteiger partial charge in [-0.1, -0.05) is 55.0 Å². The van der Waals surface area contributed by atoms with Crippen LogP contribution in [0.4, 0.5) is 0 Å². The minimum atomic E-state index is 1.07. The molecule has 2 aliphatic heterocycles. The molecule has 0 saturated carbocycles. The largest absolute Gasteiger partial charge is 0.302 e. The van der Waals surface area contributed by atoms with E-state index in [1.807, 2.05) is 0 Å². The highest BCUT2D eigenvalue weighted by molar-refractivity contribution is 5.71. The normalized spacial score (nSPS) is 19.0. The molecule has 2 nitrogen and oxygen atoms in total. The highest BCUT2D eigenvalue weighted by Crippen LogP contribution is 2.32. The van der Waals surface area contributed by atoms with E-state index < -0.39 is 0 Å². The first-order valence-electron chi connectivity index (χ1n) is 9.01. The summed E-state index contributed by atoms with van der Waals surface area (Å²) in [6.07, 6.45) is 4.18. The first kappa shape index (κ1) is 14.9. The summed E-state index contributed by atoms with van der Waals surface area (Å²) in [5.74, 6) is 0. The molecule has 0 spiro atoms. The molecule has 0 radical (unpaired) electrons. The lowest BCUT2D eigenvalue weighted by molar-refractivity contribution is 0.174. The van der Waals surface area contributed by atoms with Gasteiger partial charge in [-0.15, -0.1) is 0 Å². The maximum absolute atomic E-state index is 2.65. The summed E-state index contributed by atoms with van der Waals surface area (Å²) in [7, 11) is 0. The first-order chi connectivity index (χ1) is 11.4. The van der Waals surface area contributed by atoms with E-state index in [1.54, 1.807) is 0 Å². The molecular formula is C21H26N2. The van der Waals surface area contributed by atoms with E-state index in [0.717, 1.165) is 13.1 Å². The Morgan fingerprint density at radius 3 is 1.74 bits per heavy atom. The Labute approximate surface area is 139 Å². The molecule has 1 fully saturated rings. The lowest BCUT2D eigenvalue weighted by atomic mass is 9.97. The molecule has 0 atom stereocenters. The number of hydrogen-bond donors (Lipinski definition) is 0. The van der Waals surface area contributed by atoms with Gasteiger partial charge >= 0.3 is 0 Å². The quantitative estimate of drug-likeness (QED) is 0.840. The lowest BCUT2D eigenvalue weighted by Crippen LogP contribution is -2.37. The summed E-state index contributed by atoms with van der Waals surface area (Å²) in [6, 6.07) is 17.8. The Kier molecular flexibility index (Phi) is 4.45. The van der Waals surface area contributed by atoms with Crippen molar-refractivity contribution in [3.63, 3.8) is 0 Å². The van der Waals surface area contributed by atoms with E-state index in [1.165, 1.54) is 67.7 Å². The molecule has 2 heteroatoms. The van der Waals surface area contributed by atoms with Crippen molar-refractivity contribution < 1.29 is 0 Å². The van der Waals surface area contributed by atoms with E-state index >= 15 is 0 Å². The van der Waals surface area contributed by atoms with E-state index in [-0.39, 0.29) is 0 Å². The molecule has 0 aromatic heterocycles. The van der Waals surface area contributed by atoms with E-state index in [2.05, 4.69) is 58.3 Å². The maximum atomic E-state index is 2.65. The maximum Gasteiger partial charge on any atom is 0.0243 e. The van der Waals surface area contributed by atoms with Crippen LogP contribution < -0.4 is 0 Å². The third kappa shape index (κ3) is 3.34. The van der Waals surface area contributed by atoms with Crippen LogP contribution in [0.25, 0.3) is 11.1 Å². The van der Waals surface area contributed by atoms with Crippen molar-refractivity contribution in [2.45, 2.75) is 32.4 Å². The molecule has 0 unspecified atom stereocenters. The number of hydrogen-bond acceptors (Lipinski definition) is 2. The van der Waals surface area contributed by atoms with Crippen molar-refractivity contribution in [1.29, 1.82) is 0 Å². The minimum Gasteiger partial charge on any atom is -0.302 e. The third-order valence-corrected chi connectivity index (χ3v) is 5.29. The Morgan fingerprint density at radius 1 is 0.609 bits per heavy atom. The zero-order chi connectivity index (χ0) is 15.5. The van der Waals surface area contributed by atoms with Gasteiger partial charge in [0.2, 0.25) is 0 Å². The second kappa shape index (κ2) is 6.86. The van der Waals surface area contributed by atoms with Crippen LogP contribution in [0, 0.1) is 0 Å². The topological polar surface area (TPSA) is 6.48 Å². The van der Waals surface area contributed by atoms with Gasteiger partial charge in [-0.25, -0.2) is 0 Å². The molecule has 2 aromatic rings. The fraction of sp³-hybridized carbons (Fsp3) is 0.429. The van der Waals surface area contributed by atoms with Crippen LogP contribution in [0.3, 0.4) is 0 Å². The van der Waals surface area contributed by atoms with Crippen LogP contribution >= 0.6 is 0 Å². The summed E-state index contributed by atoms with van der Waals surface area (Å²) in [6.45, 7) is 7.10. The lowest BCUT2D eigenvalue weighted by Gasteiger charge is -2.29. The molecule has 0 bridgehead atoms. The van der Waals surface area contributed by atoms with Crippen LogP contribution in [-0.2, 0) is 13.1 Å². The summed E-state index contributed by atoms with van der Waals surface area (Å²) in [4.78, 5) is 5.27. The van der Waals surface area contributed by atoms with Gasteiger partial charge in [0.15, 0.2) is 0 Å². The minimum absolute atomic E-state index is 1.07. The standard InChI is InChI=1S/C21H26N2/c1-6-12-22(13-7-1)14-15-23-16-18-8-2-4-10-20(18)21-11-5-3-9-19(21)17-23/h2-5,8-11H,1,6-7,12-17H2. The zero-order valence-electron chi connectivity index (χ0n) is 13.9. The van der Waals surface area contributed by atoms with Crippen molar-refractivity contribution in [1.82, 2.24) is 9.80 Å². The molecule has 4 rings (SSSR count). The van der Waals surface area contributed by atoms with Gasteiger partial charge in [0.05, 0.1) is 0 Å². The van der Waals surface area contributed by atoms with Crippen molar-refractivity contribution in [3.8, 4) is 11.1 Å². The molecule has 1 saturated heterocycles. The second-order valence-corrected chi connectivity index (χ2v) is 6.93. The van der Waals surface area contributed by atoms with E-state index in [4.69, 9.17) is 0 Å². The third-order valence-electron chi connectivity index (χ3n) is 5.29. The number of benzene rings is 2. The van der Waals surface area contributed by atoms with Gasteiger partial charge in [-0.05, 0) is 48.2 Å². The van der Waals surface area contributed by atoms with E-state index in [9.17, 15) is 0 Å². The van der Waals surface area contributed by atoms with Crippen molar-refractivity contribution in [2.24, 2.45) is 0 Å². The summed E-state index contributed by atoms with van der Waals surface area (Å²) >= 11 is 0. The van der Waals surface area contributed by atoms with Gasteiger partial charge in [-0.2, -0.15) is 0 Å². The Hall–Kier alpha value is -1.64. The van der Waals surface area contributed by atoms with Crippen molar-refractivity contribution in [2.75, 3.05) is 26.2 Å². The summed E-state index contributed by atoms with van der Waals surface area (Å²) < 4.78 is 0. The highest BCUT2D eigenvalue weighted by atomic mass is 15.2. The molecular weight excluding hydrogens is 280 g/mol. The van der Waals surface area contributed by atoms with Gasteiger partial charge in [0.25, 0.3) is 0 Å². The van der Waals surface area contributed by atoms with Crippen LogP contribution in [0.5, 0.6) is 0 Å². The average Bonchev–Trinajstić information content (AvgIpc) is 2.77. The number of piperidine rings is 1. The van der Waals surface area contributed by atoms with Crippen molar-refractivity contribution in [3.05, 3.63) is 59.7 Å². The summed E-state index contributed by atoms with van der Waals surface area (Å²) in [5.41, 5.74) is 5.78. The van der Waals surface area contributed by atoms with Crippen LogP contribution in [0.2, 0.25) is 0 Å². The molecule has 23 heavy (non-hydrogen) atoms. The molecule has 0 N–H and O–H groups in total. The molecule has 0 aliphatic carbocycles. The predicted octanol–water partition coefficient (Wildman–Crippen LogP) is 4.16. The monoisotopic (exact) mass is 306 g/mol. The average molecular weight is 306 g/mol. The molecule has 120 valence electrons. The Bertz CT molecular complexity index is 611. The molecule has 2 aliphatic rings. The highest BCUT2D eigenvalue weighted by Gasteiger charge is 2.19. The molecule has 0 amide bonds. The number of rotatable bonds is 3. The van der Waals surface area contributed by atoms with E-state index in [0.29, 0.717) is 0 Å². The molecule has 2 aromatic carbocycles. The van der Waals surface area contributed by atoms with Gasteiger partial charge in [0.1, 0.15) is 0 Å². The number of fused-ring (bicyclic) bond motifs is 3. The smallest absolute Gasteiger partial charge is 0.0243 e. The Balaban J connectivity index is 1.54. The van der Waals surface area contributed by atoms with Crippen molar-refractivity contribution >= 4 is 0 Å². The van der Waals surface area contributed by atoms with Crippen LogP contribution in [-0.4, -0.2) is 36.0 Å². The second-order valence-electron chi connectivity index (χ2n) is 6.93. The first-order valence-corrected chi connectivity index (χ1v) is 9.01.